The summed E-state index contributed by atoms with van der Waals surface area (Å²) in [6.07, 6.45) is 7.49. The van der Waals surface area contributed by atoms with Crippen LogP contribution in [0.2, 0.25) is 0 Å². The summed E-state index contributed by atoms with van der Waals surface area (Å²) in [7, 11) is 0. The molecule has 0 radical (unpaired) electrons. The first-order valence-electron chi connectivity index (χ1n) is 7.98. The second kappa shape index (κ2) is 5.89. The van der Waals surface area contributed by atoms with Crippen molar-refractivity contribution in [3.63, 3.8) is 0 Å². The average molecular weight is 292 g/mol. The third-order valence-corrected chi connectivity index (χ3v) is 4.45. The van der Waals surface area contributed by atoms with E-state index < -0.39 is 0 Å². The Labute approximate surface area is 130 Å². The second-order valence-electron chi connectivity index (χ2n) is 5.98. The molecule has 1 aliphatic rings. The van der Waals surface area contributed by atoms with Gasteiger partial charge in [-0.25, -0.2) is 4.98 Å². The summed E-state index contributed by atoms with van der Waals surface area (Å²) < 4.78 is 0. The van der Waals surface area contributed by atoms with Crippen molar-refractivity contribution < 1.29 is 0 Å². The van der Waals surface area contributed by atoms with Crippen LogP contribution >= 0.6 is 0 Å². The van der Waals surface area contributed by atoms with Gasteiger partial charge in [0, 0.05) is 18.9 Å². The van der Waals surface area contributed by atoms with Gasteiger partial charge in [-0.2, -0.15) is 0 Å². The molecule has 0 unspecified atom stereocenters. The van der Waals surface area contributed by atoms with Crippen LogP contribution < -0.4 is 0 Å². The molecule has 1 aromatic carbocycles. The summed E-state index contributed by atoms with van der Waals surface area (Å²) in [5.41, 5.74) is 3.46. The summed E-state index contributed by atoms with van der Waals surface area (Å²) >= 11 is 0. The van der Waals surface area contributed by atoms with Crippen LogP contribution in [-0.4, -0.2) is 26.4 Å². The number of piperidine rings is 1. The summed E-state index contributed by atoms with van der Waals surface area (Å²) in [6.45, 7) is 2.06. The monoisotopic (exact) mass is 292 g/mol. The first-order valence-corrected chi connectivity index (χ1v) is 7.98. The van der Waals surface area contributed by atoms with Gasteiger partial charge in [0.25, 0.3) is 0 Å². The van der Waals surface area contributed by atoms with Crippen LogP contribution in [0.5, 0.6) is 0 Å². The van der Waals surface area contributed by atoms with Gasteiger partial charge in [0.15, 0.2) is 0 Å². The van der Waals surface area contributed by atoms with E-state index in [-0.39, 0.29) is 0 Å². The number of benzene rings is 1. The molecule has 0 saturated carbocycles. The molecule has 1 aliphatic heterocycles. The van der Waals surface area contributed by atoms with Gasteiger partial charge >= 0.3 is 0 Å². The summed E-state index contributed by atoms with van der Waals surface area (Å²) in [5.74, 6) is 1.10. The molecule has 22 heavy (non-hydrogen) atoms. The Morgan fingerprint density at radius 2 is 2.09 bits per heavy atom. The van der Waals surface area contributed by atoms with Gasteiger partial charge in [-0.05, 0) is 43.1 Å². The Kier molecular flexibility index (Phi) is 3.60. The van der Waals surface area contributed by atoms with Crippen molar-refractivity contribution in [2.45, 2.75) is 31.8 Å². The van der Waals surface area contributed by atoms with E-state index in [1.807, 2.05) is 24.5 Å². The largest absolute Gasteiger partial charge is 0.341 e. The molecule has 112 valence electrons. The van der Waals surface area contributed by atoms with E-state index in [2.05, 4.69) is 39.1 Å². The fourth-order valence-corrected chi connectivity index (χ4v) is 3.35. The van der Waals surface area contributed by atoms with Crippen molar-refractivity contribution in [1.29, 1.82) is 0 Å². The molecule has 1 fully saturated rings. The maximum absolute atomic E-state index is 4.82. The molecule has 0 amide bonds. The molecule has 1 atom stereocenters. The van der Waals surface area contributed by atoms with Crippen molar-refractivity contribution in [3.8, 4) is 0 Å². The number of imidazole rings is 1. The number of pyridine rings is 1. The molecule has 2 aromatic heterocycles. The molecule has 4 nitrogen and oxygen atoms in total. The molecule has 1 saturated heterocycles. The Morgan fingerprint density at radius 1 is 1.14 bits per heavy atom. The molecular formula is C18H20N4. The Morgan fingerprint density at radius 3 is 2.95 bits per heavy atom. The van der Waals surface area contributed by atoms with E-state index in [1.54, 1.807) is 0 Å². The van der Waals surface area contributed by atoms with Crippen molar-refractivity contribution in [2.24, 2.45) is 0 Å². The predicted octanol–water partition coefficient (Wildman–Crippen LogP) is 3.69. The van der Waals surface area contributed by atoms with E-state index in [0.29, 0.717) is 6.04 Å². The zero-order valence-corrected chi connectivity index (χ0v) is 12.6. The number of likely N-dealkylation sites (tertiary alicyclic amines) is 1. The summed E-state index contributed by atoms with van der Waals surface area (Å²) in [6, 6.07) is 12.8. The van der Waals surface area contributed by atoms with Crippen molar-refractivity contribution >= 4 is 11.0 Å². The van der Waals surface area contributed by atoms with Crippen molar-refractivity contribution in [2.75, 3.05) is 6.54 Å². The fourth-order valence-electron chi connectivity index (χ4n) is 3.35. The highest BCUT2D eigenvalue weighted by molar-refractivity contribution is 5.74. The molecule has 0 aliphatic carbocycles. The molecule has 3 heterocycles. The summed E-state index contributed by atoms with van der Waals surface area (Å²) in [5, 5.41) is 0. The lowest BCUT2D eigenvalue weighted by Gasteiger charge is -2.34. The zero-order valence-electron chi connectivity index (χ0n) is 12.6. The maximum Gasteiger partial charge on any atom is 0.124 e. The maximum atomic E-state index is 4.82. The topological polar surface area (TPSA) is 44.8 Å². The Balaban J connectivity index is 1.62. The third-order valence-electron chi connectivity index (χ3n) is 4.45. The molecule has 3 aromatic rings. The van der Waals surface area contributed by atoms with Gasteiger partial charge in [0.05, 0.1) is 17.1 Å². The predicted molar refractivity (Wildman–Crippen MR) is 87.3 cm³/mol. The second-order valence-corrected chi connectivity index (χ2v) is 5.98. The highest BCUT2D eigenvalue weighted by atomic mass is 15.2. The lowest BCUT2D eigenvalue weighted by molar-refractivity contribution is 0.134. The number of nitrogens with one attached hydrogen (secondary N) is 1. The average Bonchev–Trinajstić information content (AvgIpc) is 3.00. The zero-order chi connectivity index (χ0) is 14.8. The quantitative estimate of drug-likeness (QED) is 0.801. The number of nitrogens with zero attached hydrogens (tertiary/aromatic N) is 3. The molecular weight excluding hydrogens is 272 g/mol. The van der Waals surface area contributed by atoms with E-state index in [4.69, 9.17) is 4.98 Å². The number of hydrogen-bond acceptors (Lipinski definition) is 3. The minimum Gasteiger partial charge on any atom is -0.341 e. The number of H-pyrrole nitrogens is 1. The van der Waals surface area contributed by atoms with Crippen molar-refractivity contribution in [3.05, 3.63) is 60.2 Å². The first kappa shape index (κ1) is 13.5. The number of rotatable bonds is 3. The standard InChI is InChI=1S/C18H20N4/c1-2-8-16-15(7-1)20-18(21-16)17-9-3-4-11-22(17)13-14-6-5-10-19-12-14/h1-2,5-8,10,12,17H,3-4,9,11,13H2,(H,20,21)/t17-/m0/s1. The van der Waals surface area contributed by atoms with Gasteiger partial charge in [-0.15, -0.1) is 0 Å². The van der Waals surface area contributed by atoms with E-state index in [0.717, 1.165) is 29.9 Å². The summed E-state index contributed by atoms with van der Waals surface area (Å²) in [4.78, 5) is 15.1. The van der Waals surface area contributed by atoms with Gasteiger partial charge in [0.2, 0.25) is 0 Å². The van der Waals surface area contributed by atoms with Crippen LogP contribution in [-0.2, 0) is 6.54 Å². The number of para-hydroxylation sites is 2. The number of fused-ring (bicyclic) bond motifs is 1. The molecule has 4 heteroatoms. The Bertz CT molecular complexity index is 717. The van der Waals surface area contributed by atoms with E-state index in [9.17, 15) is 0 Å². The van der Waals surface area contributed by atoms with Crippen LogP contribution in [0.4, 0.5) is 0 Å². The smallest absolute Gasteiger partial charge is 0.124 e. The first-order chi connectivity index (χ1) is 10.9. The third kappa shape index (κ3) is 2.62. The Hall–Kier alpha value is -2.20. The lowest BCUT2D eigenvalue weighted by atomic mass is 10.0. The van der Waals surface area contributed by atoms with Gasteiger partial charge < -0.3 is 4.98 Å². The number of aromatic nitrogens is 3. The molecule has 0 bridgehead atoms. The minimum atomic E-state index is 0.376. The van der Waals surface area contributed by atoms with Crippen LogP contribution in [0.1, 0.15) is 36.7 Å². The van der Waals surface area contributed by atoms with E-state index in [1.165, 1.54) is 24.8 Å². The van der Waals surface area contributed by atoms with Crippen LogP contribution in [0.3, 0.4) is 0 Å². The molecule has 1 N–H and O–H groups in total. The van der Waals surface area contributed by atoms with Gasteiger partial charge in [0.1, 0.15) is 5.82 Å². The normalized spacial score (nSPS) is 19.5. The van der Waals surface area contributed by atoms with Crippen LogP contribution in [0.25, 0.3) is 11.0 Å². The van der Waals surface area contributed by atoms with Crippen molar-refractivity contribution in [1.82, 2.24) is 19.9 Å². The fraction of sp³-hybridized carbons (Fsp3) is 0.333. The van der Waals surface area contributed by atoms with Gasteiger partial charge in [-0.3, -0.25) is 9.88 Å². The van der Waals surface area contributed by atoms with Crippen LogP contribution in [0.15, 0.2) is 48.8 Å². The van der Waals surface area contributed by atoms with E-state index >= 15 is 0 Å². The number of hydrogen-bond donors (Lipinski definition) is 1. The highest BCUT2D eigenvalue weighted by Crippen LogP contribution is 2.31. The van der Waals surface area contributed by atoms with Crippen LogP contribution in [0, 0.1) is 0 Å². The number of aromatic amines is 1. The van der Waals surface area contributed by atoms with Gasteiger partial charge in [-0.1, -0.05) is 24.6 Å². The SMILES string of the molecule is c1cncc(CN2CCCC[C@H]2c2nc3ccccc3[nH]2)c1. The highest BCUT2D eigenvalue weighted by Gasteiger charge is 2.26. The minimum absolute atomic E-state index is 0.376. The molecule has 4 rings (SSSR count). The lowest BCUT2D eigenvalue weighted by Crippen LogP contribution is -2.33. The molecule has 0 spiro atoms.